The van der Waals surface area contributed by atoms with Crippen molar-refractivity contribution in [2.75, 3.05) is 6.54 Å². The van der Waals surface area contributed by atoms with Crippen LogP contribution in [0.2, 0.25) is 0 Å². The number of oxazole rings is 1. The molecule has 1 N–H and O–H groups in total. The van der Waals surface area contributed by atoms with Gasteiger partial charge in [-0.25, -0.2) is 9.78 Å². The minimum Gasteiger partial charge on any atom is -0.480 e. The Kier molecular flexibility index (Phi) is 6.95. The third-order valence-electron chi connectivity index (χ3n) is 6.07. The van der Waals surface area contributed by atoms with Crippen molar-refractivity contribution in [1.29, 1.82) is 0 Å². The van der Waals surface area contributed by atoms with Gasteiger partial charge in [0.2, 0.25) is 5.89 Å². The molecule has 38 heavy (non-hydrogen) atoms. The number of nitrogens with zero attached hydrogens (tertiary/aromatic N) is 2. The number of aryl methyl sites for hydroxylation is 2. The lowest BCUT2D eigenvalue weighted by atomic mass is 10.1. The zero-order chi connectivity index (χ0) is 26.6. The van der Waals surface area contributed by atoms with Crippen molar-refractivity contribution in [3.8, 4) is 17.2 Å². The van der Waals surface area contributed by atoms with Crippen molar-refractivity contribution in [3.63, 3.8) is 0 Å². The van der Waals surface area contributed by atoms with Gasteiger partial charge in [0.15, 0.2) is 0 Å². The van der Waals surface area contributed by atoms with E-state index in [1.807, 2.05) is 74.5 Å². The molecule has 0 radical (unpaired) electrons. The molecule has 0 spiro atoms. The molecule has 0 unspecified atom stereocenters. The minimum absolute atomic E-state index is 0.0658. The molecule has 192 valence electrons. The summed E-state index contributed by atoms with van der Waals surface area (Å²) in [6.07, 6.45) is -0.278. The van der Waals surface area contributed by atoms with Gasteiger partial charge in [0.25, 0.3) is 0 Å². The lowest BCUT2D eigenvalue weighted by Gasteiger charge is -2.20. The number of carboxylic acids is 1. The van der Waals surface area contributed by atoms with Gasteiger partial charge in [0.1, 0.15) is 29.4 Å². The highest BCUT2D eigenvalue weighted by atomic mass is 16.6. The molecule has 5 aromatic rings. The molecule has 0 bridgehead atoms. The third kappa shape index (κ3) is 5.75. The van der Waals surface area contributed by atoms with Crippen LogP contribution in [0.25, 0.3) is 22.4 Å². The van der Waals surface area contributed by atoms with Crippen LogP contribution in [0.3, 0.4) is 0 Å². The fraction of sp³-hybridized carbons (Fsp3) is 0.167. The number of fused-ring (bicyclic) bond motifs is 1. The number of hydrogen-bond donors (Lipinski definition) is 1. The van der Waals surface area contributed by atoms with Gasteiger partial charge in [0.05, 0.1) is 12.1 Å². The second kappa shape index (κ2) is 10.6. The first-order chi connectivity index (χ1) is 18.3. The van der Waals surface area contributed by atoms with E-state index in [0.717, 1.165) is 38.4 Å². The Morgan fingerprint density at radius 3 is 2.45 bits per heavy atom. The number of hydrogen-bond acceptors (Lipinski definition) is 6. The number of aromatic nitrogens is 1. The molecule has 2 heterocycles. The molecule has 8 nitrogen and oxygen atoms in total. The van der Waals surface area contributed by atoms with Gasteiger partial charge in [-0.2, -0.15) is 0 Å². The van der Waals surface area contributed by atoms with Crippen molar-refractivity contribution in [2.24, 2.45) is 0 Å². The van der Waals surface area contributed by atoms with Crippen LogP contribution >= 0.6 is 0 Å². The number of furan rings is 1. The molecule has 3 aromatic carbocycles. The summed E-state index contributed by atoms with van der Waals surface area (Å²) in [6, 6.07) is 24.1. The molecule has 8 heteroatoms. The normalized spacial score (nSPS) is 11.0. The third-order valence-corrected chi connectivity index (χ3v) is 6.07. The smallest absolute Gasteiger partial charge is 0.416 e. The number of carboxylic acid groups (broad SMARTS) is 1. The molecular formula is C30H26N2O6. The Labute approximate surface area is 219 Å². The van der Waals surface area contributed by atoms with Crippen LogP contribution in [0.4, 0.5) is 4.79 Å². The summed E-state index contributed by atoms with van der Waals surface area (Å²) >= 11 is 0. The first-order valence-corrected chi connectivity index (χ1v) is 12.1. The number of amides is 1. The van der Waals surface area contributed by atoms with Crippen LogP contribution in [0, 0.1) is 13.8 Å². The fourth-order valence-corrected chi connectivity index (χ4v) is 4.13. The number of carbonyl (C=O) groups is 2. The van der Waals surface area contributed by atoms with Crippen molar-refractivity contribution in [2.45, 2.75) is 26.8 Å². The molecule has 1 amide bonds. The highest BCUT2D eigenvalue weighted by Crippen LogP contribution is 2.27. The lowest BCUT2D eigenvalue weighted by Crippen LogP contribution is -2.37. The van der Waals surface area contributed by atoms with Crippen LogP contribution in [0.5, 0.6) is 5.75 Å². The van der Waals surface area contributed by atoms with Crippen molar-refractivity contribution in [1.82, 2.24) is 9.88 Å². The molecule has 5 rings (SSSR count). The molecule has 0 atom stereocenters. The Morgan fingerprint density at radius 1 is 0.947 bits per heavy atom. The van der Waals surface area contributed by atoms with Gasteiger partial charge in [-0.3, -0.25) is 9.69 Å². The highest BCUT2D eigenvalue weighted by Gasteiger charge is 2.20. The summed E-state index contributed by atoms with van der Waals surface area (Å²) in [5, 5.41) is 10.2. The van der Waals surface area contributed by atoms with E-state index in [9.17, 15) is 14.7 Å². The molecule has 0 aliphatic heterocycles. The van der Waals surface area contributed by atoms with E-state index >= 15 is 0 Å². The average molecular weight is 511 g/mol. The Morgan fingerprint density at radius 2 is 1.71 bits per heavy atom. The van der Waals surface area contributed by atoms with Crippen molar-refractivity contribution in [3.05, 3.63) is 107 Å². The highest BCUT2D eigenvalue weighted by molar-refractivity contribution is 5.80. The lowest BCUT2D eigenvalue weighted by molar-refractivity contribution is -0.138. The first kappa shape index (κ1) is 24.8. The van der Waals surface area contributed by atoms with Crippen LogP contribution in [0.15, 0.2) is 87.7 Å². The number of benzene rings is 3. The van der Waals surface area contributed by atoms with Gasteiger partial charge in [-0.15, -0.1) is 0 Å². The molecule has 0 saturated carbocycles. The Hall–Kier alpha value is -4.85. The van der Waals surface area contributed by atoms with E-state index in [2.05, 4.69) is 4.98 Å². The first-order valence-electron chi connectivity index (χ1n) is 12.1. The largest absolute Gasteiger partial charge is 0.480 e. The fourth-order valence-electron chi connectivity index (χ4n) is 4.13. The molecule has 2 aromatic heterocycles. The number of ether oxygens (including phenoxy) is 1. The predicted octanol–water partition coefficient (Wildman–Crippen LogP) is 6.38. The summed E-state index contributed by atoms with van der Waals surface area (Å²) in [4.78, 5) is 30.0. The molecule has 0 aliphatic rings. The maximum Gasteiger partial charge on any atom is 0.416 e. The maximum atomic E-state index is 12.8. The molecule has 0 fully saturated rings. The quantitative estimate of drug-likeness (QED) is 0.258. The summed E-state index contributed by atoms with van der Waals surface area (Å²) < 4.78 is 17.3. The van der Waals surface area contributed by atoms with E-state index in [1.165, 1.54) is 0 Å². The standard InChI is InChI=1S/C30H26N2O6/c1-19-8-11-24(12-9-19)38-30(35)32(18-28(33)34)17-21-10-13-27-23(14-21)15-25(37-27)16-26-20(2)36-29(31-26)22-6-4-3-5-7-22/h3-15H,16-18H2,1-2H3,(H,33,34). The van der Waals surface area contributed by atoms with Gasteiger partial charge in [-0.05, 0) is 61.9 Å². The molecular weight excluding hydrogens is 484 g/mol. The SMILES string of the molecule is Cc1ccc(OC(=O)N(CC(=O)O)Cc2ccc3oc(Cc4nc(-c5ccccc5)oc4C)cc3c2)cc1. The van der Waals surface area contributed by atoms with E-state index in [-0.39, 0.29) is 6.54 Å². The van der Waals surface area contributed by atoms with Gasteiger partial charge >= 0.3 is 12.1 Å². The summed E-state index contributed by atoms with van der Waals surface area (Å²) in [5.41, 5.74) is 4.14. The van der Waals surface area contributed by atoms with Crippen molar-refractivity contribution < 1.29 is 28.3 Å². The van der Waals surface area contributed by atoms with E-state index in [1.54, 1.807) is 18.2 Å². The second-order valence-electron chi connectivity index (χ2n) is 9.08. The number of carbonyl (C=O) groups excluding carboxylic acids is 1. The Balaban J connectivity index is 1.32. The Bertz CT molecular complexity index is 1580. The topological polar surface area (TPSA) is 106 Å². The zero-order valence-electron chi connectivity index (χ0n) is 21.0. The number of aliphatic carboxylic acids is 1. The van der Waals surface area contributed by atoms with Gasteiger partial charge in [0, 0.05) is 17.5 Å². The van der Waals surface area contributed by atoms with E-state index in [4.69, 9.17) is 13.6 Å². The second-order valence-corrected chi connectivity index (χ2v) is 9.08. The summed E-state index contributed by atoms with van der Waals surface area (Å²) in [5.74, 6) is 1.23. The van der Waals surface area contributed by atoms with E-state index in [0.29, 0.717) is 29.4 Å². The van der Waals surface area contributed by atoms with Crippen LogP contribution in [-0.4, -0.2) is 33.6 Å². The van der Waals surface area contributed by atoms with E-state index < -0.39 is 18.6 Å². The van der Waals surface area contributed by atoms with Gasteiger partial charge < -0.3 is 18.7 Å². The predicted molar refractivity (Wildman–Crippen MR) is 141 cm³/mol. The summed E-state index contributed by atoms with van der Waals surface area (Å²) in [7, 11) is 0. The van der Waals surface area contributed by atoms with Crippen LogP contribution in [0.1, 0.15) is 28.3 Å². The average Bonchev–Trinajstić information content (AvgIpc) is 3.47. The zero-order valence-corrected chi connectivity index (χ0v) is 21.0. The summed E-state index contributed by atoms with van der Waals surface area (Å²) in [6.45, 7) is 3.38. The monoisotopic (exact) mass is 510 g/mol. The maximum absolute atomic E-state index is 12.8. The van der Waals surface area contributed by atoms with Crippen LogP contribution in [-0.2, 0) is 17.8 Å². The van der Waals surface area contributed by atoms with Crippen molar-refractivity contribution >= 4 is 23.0 Å². The molecule has 0 aliphatic carbocycles. The van der Waals surface area contributed by atoms with Gasteiger partial charge in [-0.1, -0.05) is 42.0 Å². The number of rotatable bonds is 8. The minimum atomic E-state index is -1.13. The molecule has 0 saturated heterocycles. The van der Waals surface area contributed by atoms with Crippen LogP contribution < -0.4 is 4.74 Å².